The minimum absolute atomic E-state index is 0.523. The van der Waals surface area contributed by atoms with Crippen molar-refractivity contribution in [2.45, 2.75) is 10.8 Å². The Morgan fingerprint density at radius 3 is 0.771 bits per heavy atom. The monoisotopic (exact) mass is 1220 g/mol. The highest BCUT2D eigenvalue weighted by Gasteiger charge is 2.53. The highest BCUT2D eigenvalue weighted by atomic mass is 15.2. The van der Waals surface area contributed by atoms with Gasteiger partial charge in [-0.25, -0.2) is 0 Å². The summed E-state index contributed by atoms with van der Waals surface area (Å²) in [5.74, 6) is 0. The maximum Gasteiger partial charge on any atom is 0.0726 e. The van der Waals surface area contributed by atoms with Gasteiger partial charge in [0.15, 0.2) is 0 Å². The first-order valence-electron chi connectivity index (χ1n) is 33.4. The zero-order chi connectivity index (χ0) is 62.8. The van der Waals surface area contributed by atoms with Crippen LogP contribution >= 0.6 is 0 Å². The molecule has 96 heavy (non-hydrogen) atoms. The number of para-hydroxylation sites is 4. The van der Waals surface area contributed by atoms with Crippen molar-refractivity contribution in [3.63, 3.8) is 0 Å². The van der Waals surface area contributed by atoms with E-state index in [2.05, 4.69) is 371 Å². The fourth-order valence-corrected chi connectivity index (χ4v) is 18.0. The zero-order valence-electron chi connectivity index (χ0n) is 52.3. The summed E-state index contributed by atoms with van der Waals surface area (Å²) in [6.07, 6.45) is 0. The van der Waals surface area contributed by atoms with Gasteiger partial charge < -0.3 is 18.9 Å². The zero-order valence-corrected chi connectivity index (χ0v) is 52.3. The summed E-state index contributed by atoms with van der Waals surface area (Å²) in [5.41, 5.74) is 33.1. The largest absolute Gasteiger partial charge is 0.310 e. The van der Waals surface area contributed by atoms with E-state index < -0.39 is 10.8 Å². The normalized spacial score (nSPS) is 13.6. The number of anilines is 6. The standard InChI is InChI=1S/C92H58N4/c1-3-23-59(24-4-1)95-87-41-21-13-33-75(87)77-55-63(49-53-89(77)95)93(65-47-51-73-71-31-11-19-39-83(71)91(85(73)57-65)79-35-15-7-27-67(79)68-28-8-16-36-80(68)91)61-43-45-62(46-44-61)94(64-50-54-90-78(56-64)76-34-14-22-42-88(76)96(90)60-25-5-2-6-26-60)66-48-52-74-72-32-12-20-40-84(72)92(86(74)58-66)81-37-17-9-29-69(81)70-30-10-18-38-82(70)92/h1-58H. The first kappa shape index (κ1) is 53.1. The van der Waals surface area contributed by atoms with E-state index in [1.807, 2.05) is 0 Å². The van der Waals surface area contributed by atoms with E-state index in [1.165, 1.54) is 122 Å². The van der Waals surface area contributed by atoms with Crippen molar-refractivity contribution in [1.29, 1.82) is 0 Å². The van der Waals surface area contributed by atoms with Gasteiger partial charge in [-0.1, -0.05) is 231 Å². The smallest absolute Gasteiger partial charge is 0.0726 e. The fraction of sp³-hybridized carbons (Fsp3) is 0.0217. The van der Waals surface area contributed by atoms with Crippen molar-refractivity contribution >= 4 is 77.7 Å². The van der Waals surface area contributed by atoms with Gasteiger partial charge in [0.1, 0.15) is 0 Å². The van der Waals surface area contributed by atoms with Crippen molar-refractivity contribution in [3.05, 3.63) is 396 Å². The Kier molecular flexibility index (Phi) is 11.1. The van der Waals surface area contributed by atoms with Crippen molar-refractivity contribution in [2.75, 3.05) is 9.80 Å². The first-order valence-corrected chi connectivity index (χ1v) is 33.4. The topological polar surface area (TPSA) is 16.3 Å². The molecule has 15 aromatic carbocycles. The minimum atomic E-state index is -0.523. The summed E-state index contributed by atoms with van der Waals surface area (Å²) < 4.78 is 4.82. The number of hydrogen-bond donors (Lipinski definition) is 0. The number of aromatic nitrogens is 2. The van der Waals surface area contributed by atoms with Crippen LogP contribution in [0, 0.1) is 0 Å². The lowest BCUT2D eigenvalue weighted by molar-refractivity contribution is 0.793. The highest BCUT2D eigenvalue weighted by Crippen LogP contribution is 2.65. The quantitative estimate of drug-likeness (QED) is 0.151. The molecule has 0 saturated carbocycles. The van der Waals surface area contributed by atoms with Crippen LogP contribution in [-0.2, 0) is 10.8 Å². The van der Waals surface area contributed by atoms with Crippen LogP contribution in [0.2, 0.25) is 0 Å². The van der Waals surface area contributed by atoms with E-state index in [-0.39, 0.29) is 0 Å². The summed E-state index contributed by atoms with van der Waals surface area (Å²) in [5, 5.41) is 4.80. The van der Waals surface area contributed by atoms with Gasteiger partial charge in [-0.05, 0) is 210 Å². The Bertz CT molecular complexity index is 5610. The second kappa shape index (κ2) is 20.0. The Labute approximate surface area is 556 Å². The third-order valence-corrected chi connectivity index (χ3v) is 21.7. The third kappa shape index (κ3) is 7.06. The fourth-order valence-electron chi connectivity index (χ4n) is 18.0. The molecule has 0 bridgehead atoms. The number of fused-ring (bicyclic) bond motifs is 26. The average molecular weight is 1220 g/mol. The van der Waals surface area contributed by atoms with Gasteiger partial charge in [0.2, 0.25) is 0 Å². The van der Waals surface area contributed by atoms with Gasteiger partial charge in [0.25, 0.3) is 0 Å². The predicted octanol–water partition coefficient (Wildman–Crippen LogP) is 23.5. The van der Waals surface area contributed by atoms with Gasteiger partial charge in [-0.15, -0.1) is 0 Å². The summed E-state index contributed by atoms with van der Waals surface area (Å²) >= 11 is 0. The molecule has 4 heteroatoms. The molecule has 0 aliphatic heterocycles. The molecule has 446 valence electrons. The van der Waals surface area contributed by atoms with Crippen molar-refractivity contribution < 1.29 is 0 Å². The lowest BCUT2D eigenvalue weighted by Crippen LogP contribution is -2.26. The molecular weight excluding hydrogens is 1160 g/mol. The van der Waals surface area contributed by atoms with E-state index in [0.29, 0.717) is 0 Å². The molecule has 4 aliphatic rings. The van der Waals surface area contributed by atoms with Crippen LogP contribution in [0.25, 0.3) is 99.5 Å². The summed E-state index contributed by atoms with van der Waals surface area (Å²) in [7, 11) is 0. The average Bonchev–Trinajstić information content (AvgIpc) is 1.51. The predicted molar refractivity (Wildman–Crippen MR) is 397 cm³/mol. The van der Waals surface area contributed by atoms with E-state index in [9.17, 15) is 0 Å². The Hall–Kier alpha value is -12.5. The second-order valence-electron chi connectivity index (χ2n) is 26.2. The molecule has 21 rings (SSSR count). The van der Waals surface area contributed by atoms with Crippen molar-refractivity contribution in [2.24, 2.45) is 0 Å². The van der Waals surface area contributed by atoms with Crippen LogP contribution in [0.15, 0.2) is 352 Å². The first-order chi connectivity index (χ1) is 47.6. The molecule has 2 heterocycles. The van der Waals surface area contributed by atoms with Crippen LogP contribution in [-0.4, -0.2) is 9.13 Å². The lowest BCUT2D eigenvalue weighted by Gasteiger charge is -2.33. The lowest BCUT2D eigenvalue weighted by atomic mass is 9.70. The summed E-state index contributed by atoms with van der Waals surface area (Å²) in [6.45, 7) is 0. The van der Waals surface area contributed by atoms with Gasteiger partial charge >= 0.3 is 0 Å². The molecule has 17 aromatic rings. The van der Waals surface area contributed by atoms with Gasteiger partial charge in [0.05, 0.1) is 32.9 Å². The molecular formula is C92H58N4. The number of nitrogens with zero attached hydrogens (tertiary/aromatic N) is 4. The SMILES string of the molecule is c1ccc(-n2c3ccccc3c3cc(N(c4ccc(N(c5ccc6c(c5)C5(c7ccccc7-c7ccccc75)c5ccccc5-6)c5ccc6c(c5)c5ccccc5n6-c5ccccc5)cc4)c4ccc5c(c4)C4(c6ccccc6-c6ccccc64)c4ccccc4-5)ccc32)cc1. The van der Waals surface area contributed by atoms with Crippen molar-refractivity contribution in [1.82, 2.24) is 9.13 Å². The van der Waals surface area contributed by atoms with E-state index in [0.717, 1.165) is 56.5 Å². The van der Waals surface area contributed by atoms with Crippen LogP contribution < -0.4 is 9.80 Å². The van der Waals surface area contributed by atoms with Crippen molar-refractivity contribution in [3.8, 4) is 55.9 Å². The van der Waals surface area contributed by atoms with E-state index >= 15 is 0 Å². The maximum absolute atomic E-state index is 2.52. The summed E-state index contributed by atoms with van der Waals surface area (Å²) in [4.78, 5) is 5.00. The van der Waals surface area contributed by atoms with Gasteiger partial charge in [-0.3, -0.25) is 0 Å². The third-order valence-electron chi connectivity index (χ3n) is 21.7. The molecule has 2 aromatic heterocycles. The molecule has 0 N–H and O–H groups in total. The summed E-state index contributed by atoms with van der Waals surface area (Å²) in [6, 6.07) is 132. The van der Waals surface area contributed by atoms with E-state index in [4.69, 9.17) is 0 Å². The van der Waals surface area contributed by atoms with Crippen LogP contribution in [0.5, 0.6) is 0 Å². The van der Waals surface area contributed by atoms with Gasteiger partial charge in [0, 0.05) is 67.0 Å². The Morgan fingerprint density at radius 1 is 0.177 bits per heavy atom. The number of rotatable bonds is 8. The highest BCUT2D eigenvalue weighted by molar-refractivity contribution is 6.12. The van der Waals surface area contributed by atoms with Crippen LogP contribution in [0.4, 0.5) is 34.1 Å². The Balaban J connectivity index is 0.794. The molecule has 2 spiro atoms. The molecule has 0 fully saturated rings. The second-order valence-corrected chi connectivity index (χ2v) is 26.2. The minimum Gasteiger partial charge on any atom is -0.310 e. The molecule has 0 amide bonds. The molecule has 4 nitrogen and oxygen atoms in total. The van der Waals surface area contributed by atoms with Crippen LogP contribution in [0.1, 0.15) is 44.5 Å². The van der Waals surface area contributed by atoms with Gasteiger partial charge in [-0.2, -0.15) is 0 Å². The number of benzene rings is 15. The van der Waals surface area contributed by atoms with E-state index in [1.54, 1.807) is 0 Å². The Morgan fingerprint density at radius 2 is 0.427 bits per heavy atom. The molecule has 0 unspecified atom stereocenters. The molecule has 4 aliphatic carbocycles. The molecule has 0 saturated heterocycles. The maximum atomic E-state index is 2.52. The molecule has 0 radical (unpaired) electrons. The molecule has 0 atom stereocenters. The number of hydrogen-bond acceptors (Lipinski definition) is 2. The van der Waals surface area contributed by atoms with Crippen LogP contribution in [0.3, 0.4) is 0 Å².